The van der Waals surface area contributed by atoms with Crippen molar-refractivity contribution in [3.8, 4) is 0 Å². The fourth-order valence-corrected chi connectivity index (χ4v) is 4.21. The molecule has 2 aliphatic heterocycles. The van der Waals surface area contributed by atoms with Gasteiger partial charge in [0.15, 0.2) is 5.03 Å². The van der Waals surface area contributed by atoms with Crippen LogP contribution in [0, 0.1) is 0 Å². The first kappa shape index (κ1) is 18.5. The maximum atomic E-state index is 12.3. The van der Waals surface area contributed by atoms with E-state index in [2.05, 4.69) is 13.7 Å². The summed E-state index contributed by atoms with van der Waals surface area (Å²) in [6.07, 6.45) is 1.81. The molecule has 2 aliphatic rings. The molecular formula is C12H15N5O7S2. The van der Waals surface area contributed by atoms with Gasteiger partial charge in [-0.1, -0.05) is 6.07 Å². The van der Waals surface area contributed by atoms with Crippen LogP contribution in [0.5, 0.6) is 0 Å². The van der Waals surface area contributed by atoms with E-state index >= 15 is 0 Å². The van der Waals surface area contributed by atoms with E-state index in [1.54, 1.807) is 6.07 Å². The number of amides is 2. The van der Waals surface area contributed by atoms with Crippen LogP contribution in [0.2, 0.25) is 0 Å². The number of piperidine rings is 1. The van der Waals surface area contributed by atoms with Gasteiger partial charge >= 0.3 is 26.5 Å². The minimum Gasteiger partial charge on any atom is -0.385 e. The van der Waals surface area contributed by atoms with E-state index in [0.29, 0.717) is 5.06 Å². The van der Waals surface area contributed by atoms with Crippen molar-refractivity contribution in [3.05, 3.63) is 24.4 Å². The summed E-state index contributed by atoms with van der Waals surface area (Å²) in [6.45, 7) is 0.0544. The van der Waals surface area contributed by atoms with E-state index in [1.165, 1.54) is 18.3 Å². The number of carbonyl (C=O) groups is 1. The molecule has 1 aromatic rings. The highest BCUT2D eigenvalue weighted by atomic mass is 32.3. The smallest absolute Gasteiger partial charge is 0.385 e. The maximum absolute atomic E-state index is 12.3. The summed E-state index contributed by atoms with van der Waals surface area (Å²) in [5.41, 5.74) is 5.81. The second-order valence-corrected chi connectivity index (χ2v) is 8.22. The lowest BCUT2D eigenvalue weighted by atomic mass is 10.0. The Morgan fingerprint density at radius 1 is 1.31 bits per heavy atom. The minimum absolute atomic E-state index is 0.0544. The SMILES string of the molecule is NC(=NS(=O)(=O)c1ccccn1)C1CCC2CN1C(=O)N2OS(=O)(=O)O. The molecule has 2 bridgehead atoms. The third-order valence-electron chi connectivity index (χ3n) is 3.97. The van der Waals surface area contributed by atoms with Crippen LogP contribution in [-0.2, 0) is 24.7 Å². The zero-order chi connectivity index (χ0) is 19.1. The number of nitrogens with two attached hydrogens (primary N) is 1. The van der Waals surface area contributed by atoms with Crippen molar-refractivity contribution in [1.82, 2.24) is 14.9 Å². The van der Waals surface area contributed by atoms with Gasteiger partial charge in [0.25, 0.3) is 0 Å². The first-order chi connectivity index (χ1) is 12.1. The Kier molecular flexibility index (Phi) is 4.60. The fraction of sp³-hybridized carbons (Fsp3) is 0.417. The normalized spacial score (nSPS) is 24.2. The van der Waals surface area contributed by atoms with Crippen LogP contribution in [0.1, 0.15) is 12.8 Å². The van der Waals surface area contributed by atoms with Crippen LogP contribution in [0.3, 0.4) is 0 Å². The second-order valence-electron chi connectivity index (χ2n) is 5.67. The minimum atomic E-state index is -4.87. The average Bonchev–Trinajstić information content (AvgIpc) is 2.79. The van der Waals surface area contributed by atoms with E-state index in [4.69, 9.17) is 10.3 Å². The highest BCUT2D eigenvalue weighted by molar-refractivity contribution is 7.90. The van der Waals surface area contributed by atoms with Gasteiger partial charge in [-0.25, -0.2) is 9.78 Å². The van der Waals surface area contributed by atoms with Crippen LogP contribution in [0.4, 0.5) is 4.79 Å². The largest absolute Gasteiger partial charge is 0.418 e. The predicted molar refractivity (Wildman–Crippen MR) is 86.4 cm³/mol. The number of amidine groups is 1. The van der Waals surface area contributed by atoms with Crippen molar-refractivity contribution in [3.63, 3.8) is 0 Å². The highest BCUT2D eigenvalue weighted by Gasteiger charge is 2.48. The average molecular weight is 405 g/mol. The summed E-state index contributed by atoms with van der Waals surface area (Å²) in [7, 11) is -9.02. The molecular weight excluding hydrogens is 390 g/mol. The van der Waals surface area contributed by atoms with E-state index in [0.717, 1.165) is 4.90 Å². The Morgan fingerprint density at radius 3 is 2.65 bits per heavy atom. The Morgan fingerprint density at radius 2 is 2.04 bits per heavy atom. The molecule has 26 heavy (non-hydrogen) atoms. The molecule has 0 radical (unpaired) electrons. The molecule has 142 valence electrons. The van der Waals surface area contributed by atoms with Crippen molar-refractivity contribution in [2.45, 2.75) is 30.0 Å². The summed E-state index contributed by atoms with van der Waals surface area (Å²) < 4.78 is 62.8. The van der Waals surface area contributed by atoms with Gasteiger partial charge in [-0.15, -0.1) is 8.68 Å². The highest BCUT2D eigenvalue weighted by Crippen LogP contribution is 2.31. The molecule has 2 unspecified atom stereocenters. The number of hydrogen-bond acceptors (Lipinski definition) is 7. The standard InChI is InChI=1S/C12H15N5O7S2/c13-11(15-25(19,20)10-3-1-2-6-14-10)9-5-4-8-7-16(9)12(18)17(8)24-26(21,22)23/h1-3,6,8-9H,4-5,7H2,(H2,13,15)(H,21,22,23). The third kappa shape index (κ3) is 3.62. The Hall–Kier alpha value is -2.29. The molecule has 2 saturated heterocycles. The number of fused-ring (bicyclic) bond motifs is 2. The molecule has 14 heteroatoms. The van der Waals surface area contributed by atoms with Gasteiger partial charge in [-0.05, 0) is 25.0 Å². The van der Waals surface area contributed by atoms with Crippen LogP contribution in [-0.4, -0.2) is 66.8 Å². The first-order valence-corrected chi connectivity index (χ1v) is 10.2. The van der Waals surface area contributed by atoms with E-state index in [-0.39, 0.29) is 30.2 Å². The fourth-order valence-electron chi connectivity index (χ4n) is 2.89. The van der Waals surface area contributed by atoms with Gasteiger partial charge < -0.3 is 10.6 Å². The first-order valence-electron chi connectivity index (χ1n) is 7.37. The van der Waals surface area contributed by atoms with Crippen molar-refractivity contribution in [1.29, 1.82) is 0 Å². The molecule has 3 N–H and O–H groups in total. The van der Waals surface area contributed by atoms with E-state index in [9.17, 15) is 21.6 Å². The van der Waals surface area contributed by atoms with Gasteiger partial charge in [0.05, 0.1) is 12.1 Å². The maximum Gasteiger partial charge on any atom is 0.418 e. The second kappa shape index (κ2) is 6.46. The number of aromatic nitrogens is 1. The molecule has 2 fully saturated rings. The van der Waals surface area contributed by atoms with Crippen molar-refractivity contribution in [2.24, 2.45) is 10.1 Å². The molecule has 0 saturated carbocycles. The number of urea groups is 1. The molecule has 0 aromatic carbocycles. The lowest BCUT2D eigenvalue weighted by Crippen LogP contribution is -2.48. The Labute approximate surface area is 149 Å². The molecule has 0 spiro atoms. The lowest BCUT2D eigenvalue weighted by molar-refractivity contribution is -0.0316. The zero-order valence-electron chi connectivity index (χ0n) is 13.2. The van der Waals surface area contributed by atoms with Crippen LogP contribution in [0.25, 0.3) is 0 Å². The number of nitrogens with zero attached hydrogens (tertiary/aromatic N) is 4. The molecule has 2 atom stereocenters. The number of sulfonamides is 1. The number of pyridine rings is 1. The number of hydrogen-bond donors (Lipinski definition) is 2. The molecule has 1 aromatic heterocycles. The summed E-state index contributed by atoms with van der Waals surface area (Å²) in [5, 5.41) is 0.247. The van der Waals surface area contributed by atoms with Crippen LogP contribution < -0.4 is 5.73 Å². The number of carbonyl (C=O) groups excluding carboxylic acids is 1. The van der Waals surface area contributed by atoms with Gasteiger partial charge in [0, 0.05) is 12.7 Å². The Bertz CT molecular complexity index is 947. The Balaban J connectivity index is 1.84. The predicted octanol–water partition coefficient (Wildman–Crippen LogP) is -0.869. The van der Waals surface area contributed by atoms with Crippen molar-refractivity contribution >= 4 is 32.3 Å². The third-order valence-corrected chi connectivity index (χ3v) is 5.54. The van der Waals surface area contributed by atoms with Crippen molar-refractivity contribution < 1.29 is 30.5 Å². The quantitative estimate of drug-likeness (QED) is 0.358. The van der Waals surface area contributed by atoms with E-state index in [1.807, 2.05) is 0 Å². The summed E-state index contributed by atoms with van der Waals surface area (Å²) in [5.74, 6) is -0.323. The molecule has 12 nitrogen and oxygen atoms in total. The van der Waals surface area contributed by atoms with Crippen LogP contribution in [0.15, 0.2) is 33.8 Å². The van der Waals surface area contributed by atoms with Crippen LogP contribution >= 0.6 is 0 Å². The molecule has 3 heterocycles. The van der Waals surface area contributed by atoms with Crippen molar-refractivity contribution in [2.75, 3.05) is 6.54 Å². The number of rotatable bonds is 5. The van der Waals surface area contributed by atoms with Gasteiger partial charge in [-0.3, -0.25) is 4.55 Å². The molecule has 2 amide bonds. The monoisotopic (exact) mass is 405 g/mol. The molecule has 0 aliphatic carbocycles. The van der Waals surface area contributed by atoms with E-state index < -0.39 is 38.5 Å². The lowest BCUT2D eigenvalue weighted by Gasteiger charge is -2.29. The molecule has 3 rings (SSSR count). The van der Waals surface area contributed by atoms with Gasteiger partial charge in [0.1, 0.15) is 5.84 Å². The number of hydroxylamine groups is 2. The topological polar surface area (TPSA) is 173 Å². The summed E-state index contributed by atoms with van der Waals surface area (Å²) >= 11 is 0. The van der Waals surface area contributed by atoms with Gasteiger partial charge in [-0.2, -0.15) is 21.9 Å². The zero-order valence-corrected chi connectivity index (χ0v) is 14.8. The summed E-state index contributed by atoms with van der Waals surface area (Å²) in [6, 6.07) is 1.95. The van der Waals surface area contributed by atoms with Gasteiger partial charge in [0.2, 0.25) is 0 Å². The summed E-state index contributed by atoms with van der Waals surface area (Å²) in [4.78, 5) is 17.1.